The normalized spacial score (nSPS) is 11.1. The van der Waals surface area contributed by atoms with E-state index >= 15 is 0 Å². The average Bonchev–Trinajstić information content (AvgIpc) is 3.11. The van der Waals surface area contributed by atoms with Crippen LogP contribution >= 0.6 is 0 Å². The molecular formula is C22H26N4O. The van der Waals surface area contributed by atoms with Crippen LogP contribution in [0.25, 0.3) is 5.69 Å². The first-order chi connectivity index (χ1) is 13.0. The van der Waals surface area contributed by atoms with Crippen molar-refractivity contribution >= 4 is 11.6 Å². The third-order valence-corrected chi connectivity index (χ3v) is 4.38. The molecule has 1 N–H and O–H groups in total. The second-order valence-corrected chi connectivity index (χ2v) is 7.09. The summed E-state index contributed by atoms with van der Waals surface area (Å²) in [5.41, 5.74) is 4.13. The molecular weight excluding hydrogens is 336 g/mol. The molecule has 0 aliphatic carbocycles. The molecule has 0 atom stereocenters. The van der Waals surface area contributed by atoms with E-state index in [1.807, 2.05) is 77.6 Å². The Balaban J connectivity index is 1.57. The van der Waals surface area contributed by atoms with Crippen LogP contribution in [0.5, 0.6) is 0 Å². The highest BCUT2D eigenvalue weighted by molar-refractivity contribution is 5.93. The molecule has 0 saturated heterocycles. The number of anilines is 1. The third-order valence-electron chi connectivity index (χ3n) is 4.38. The van der Waals surface area contributed by atoms with E-state index in [1.54, 1.807) is 0 Å². The summed E-state index contributed by atoms with van der Waals surface area (Å²) in [5.74, 6) is 0.351. The smallest absolute Gasteiger partial charge is 0.238 e. The summed E-state index contributed by atoms with van der Waals surface area (Å²) >= 11 is 0. The van der Waals surface area contributed by atoms with Gasteiger partial charge in [-0.15, -0.1) is 0 Å². The number of rotatable bonds is 7. The molecule has 2 aromatic carbocycles. The largest absolute Gasteiger partial charge is 0.325 e. The van der Waals surface area contributed by atoms with Crippen molar-refractivity contribution in [3.63, 3.8) is 0 Å². The molecule has 1 aromatic heterocycles. The number of hydrogen-bond acceptors (Lipinski definition) is 3. The maximum absolute atomic E-state index is 12.4. The van der Waals surface area contributed by atoms with Crippen LogP contribution in [0.3, 0.4) is 0 Å². The molecule has 0 spiro atoms. The van der Waals surface area contributed by atoms with Gasteiger partial charge in [-0.25, -0.2) is 4.68 Å². The fraction of sp³-hybridized carbons (Fsp3) is 0.273. The van der Waals surface area contributed by atoms with Gasteiger partial charge in [-0.3, -0.25) is 9.69 Å². The maximum atomic E-state index is 12.4. The Morgan fingerprint density at radius 3 is 2.56 bits per heavy atom. The number of benzene rings is 2. The van der Waals surface area contributed by atoms with Crippen LogP contribution in [0, 0.1) is 0 Å². The van der Waals surface area contributed by atoms with Gasteiger partial charge in [-0.1, -0.05) is 50.2 Å². The van der Waals surface area contributed by atoms with Gasteiger partial charge in [-0.05, 0) is 36.7 Å². The number of para-hydroxylation sites is 2. The van der Waals surface area contributed by atoms with Crippen LogP contribution in [-0.4, -0.2) is 34.2 Å². The van der Waals surface area contributed by atoms with Crippen molar-refractivity contribution in [2.24, 2.45) is 0 Å². The van der Waals surface area contributed by atoms with Gasteiger partial charge < -0.3 is 5.32 Å². The summed E-state index contributed by atoms with van der Waals surface area (Å²) in [6.07, 6.45) is 3.84. The molecule has 0 bridgehead atoms. The van der Waals surface area contributed by atoms with E-state index in [-0.39, 0.29) is 5.91 Å². The monoisotopic (exact) mass is 362 g/mol. The van der Waals surface area contributed by atoms with E-state index in [9.17, 15) is 4.79 Å². The Hall–Kier alpha value is -2.92. The molecule has 0 aliphatic heterocycles. The second-order valence-electron chi connectivity index (χ2n) is 7.09. The quantitative estimate of drug-likeness (QED) is 0.689. The van der Waals surface area contributed by atoms with Gasteiger partial charge in [0.05, 0.1) is 18.4 Å². The lowest BCUT2D eigenvalue weighted by Crippen LogP contribution is -2.30. The van der Waals surface area contributed by atoms with Gasteiger partial charge in [0.15, 0.2) is 0 Å². The van der Waals surface area contributed by atoms with Crippen LogP contribution in [0.2, 0.25) is 0 Å². The number of likely N-dealkylation sites (N-methyl/N-ethyl adjacent to an activating group) is 1. The van der Waals surface area contributed by atoms with E-state index in [4.69, 9.17) is 0 Å². The van der Waals surface area contributed by atoms with Crippen molar-refractivity contribution in [2.45, 2.75) is 26.3 Å². The molecule has 0 saturated carbocycles. The molecule has 27 heavy (non-hydrogen) atoms. The van der Waals surface area contributed by atoms with Crippen LogP contribution in [0.15, 0.2) is 67.0 Å². The van der Waals surface area contributed by atoms with Crippen molar-refractivity contribution < 1.29 is 4.79 Å². The number of nitrogens with one attached hydrogen (secondary N) is 1. The summed E-state index contributed by atoms with van der Waals surface area (Å²) in [5, 5.41) is 7.45. The Kier molecular flexibility index (Phi) is 6.04. The highest BCUT2D eigenvalue weighted by Gasteiger charge is 2.12. The third kappa shape index (κ3) is 5.05. The highest BCUT2D eigenvalue weighted by atomic mass is 16.2. The molecule has 5 nitrogen and oxygen atoms in total. The number of aromatic nitrogens is 2. The zero-order valence-electron chi connectivity index (χ0n) is 16.1. The number of carbonyl (C=O) groups is 1. The second kappa shape index (κ2) is 8.64. The Morgan fingerprint density at radius 2 is 1.81 bits per heavy atom. The Bertz CT molecular complexity index is 886. The van der Waals surface area contributed by atoms with E-state index in [0.717, 1.165) is 22.5 Å². The fourth-order valence-electron chi connectivity index (χ4n) is 3.08. The van der Waals surface area contributed by atoms with Crippen LogP contribution in [-0.2, 0) is 11.3 Å². The van der Waals surface area contributed by atoms with E-state index in [2.05, 4.69) is 30.3 Å². The summed E-state index contributed by atoms with van der Waals surface area (Å²) < 4.78 is 1.85. The van der Waals surface area contributed by atoms with Crippen LogP contribution in [0.4, 0.5) is 5.69 Å². The van der Waals surface area contributed by atoms with Crippen molar-refractivity contribution in [2.75, 3.05) is 18.9 Å². The van der Waals surface area contributed by atoms with E-state index in [0.29, 0.717) is 19.0 Å². The van der Waals surface area contributed by atoms with Crippen LogP contribution in [0.1, 0.15) is 30.9 Å². The molecule has 140 valence electrons. The number of nitrogens with zero attached hydrogens (tertiary/aromatic N) is 3. The maximum Gasteiger partial charge on any atom is 0.238 e. The van der Waals surface area contributed by atoms with Crippen LogP contribution < -0.4 is 5.32 Å². The van der Waals surface area contributed by atoms with Gasteiger partial charge in [0.1, 0.15) is 0 Å². The summed E-state index contributed by atoms with van der Waals surface area (Å²) in [6, 6.07) is 18.0. The lowest BCUT2D eigenvalue weighted by molar-refractivity contribution is -0.117. The Morgan fingerprint density at radius 1 is 1.11 bits per heavy atom. The van der Waals surface area contributed by atoms with Gasteiger partial charge >= 0.3 is 0 Å². The molecule has 0 radical (unpaired) electrons. The van der Waals surface area contributed by atoms with Crippen molar-refractivity contribution in [3.8, 4) is 5.69 Å². The highest BCUT2D eigenvalue weighted by Crippen LogP contribution is 2.23. The predicted octanol–water partition coefficient (Wildman–Crippen LogP) is 4.07. The standard InChI is InChI=1S/C22H26N4O/c1-17(2)20-11-7-8-12-21(20)24-22(27)16-25(3)14-18-13-23-26(15-18)19-9-5-4-6-10-19/h4-13,15,17H,14,16H2,1-3H3,(H,24,27). The lowest BCUT2D eigenvalue weighted by Gasteiger charge is -2.17. The summed E-state index contributed by atoms with van der Waals surface area (Å²) in [7, 11) is 1.94. The van der Waals surface area contributed by atoms with Gasteiger partial charge in [0.2, 0.25) is 5.91 Å². The summed E-state index contributed by atoms with van der Waals surface area (Å²) in [4.78, 5) is 14.4. The van der Waals surface area contributed by atoms with Gasteiger partial charge in [-0.2, -0.15) is 5.10 Å². The van der Waals surface area contributed by atoms with Crippen molar-refractivity contribution in [1.82, 2.24) is 14.7 Å². The molecule has 1 heterocycles. The zero-order valence-corrected chi connectivity index (χ0v) is 16.1. The fourth-order valence-corrected chi connectivity index (χ4v) is 3.08. The first-order valence-corrected chi connectivity index (χ1v) is 9.19. The summed E-state index contributed by atoms with van der Waals surface area (Å²) in [6.45, 7) is 5.23. The first-order valence-electron chi connectivity index (χ1n) is 9.19. The number of amides is 1. The minimum absolute atomic E-state index is 0.0129. The zero-order chi connectivity index (χ0) is 19.2. The van der Waals surface area contributed by atoms with Gasteiger partial charge in [0.25, 0.3) is 0 Å². The first kappa shape index (κ1) is 18.9. The predicted molar refractivity (Wildman–Crippen MR) is 109 cm³/mol. The number of hydrogen-bond donors (Lipinski definition) is 1. The molecule has 0 fully saturated rings. The number of carbonyl (C=O) groups excluding carboxylic acids is 1. The molecule has 5 heteroatoms. The van der Waals surface area contributed by atoms with Gasteiger partial charge in [0, 0.05) is 24.0 Å². The molecule has 0 aliphatic rings. The molecule has 3 rings (SSSR count). The minimum atomic E-state index is -0.0129. The molecule has 1 amide bonds. The lowest BCUT2D eigenvalue weighted by atomic mass is 10.0. The van der Waals surface area contributed by atoms with E-state index in [1.165, 1.54) is 0 Å². The SMILES string of the molecule is CC(C)c1ccccc1NC(=O)CN(C)Cc1cnn(-c2ccccc2)c1. The molecule has 3 aromatic rings. The van der Waals surface area contributed by atoms with E-state index < -0.39 is 0 Å². The van der Waals surface area contributed by atoms with Crippen molar-refractivity contribution in [3.05, 3.63) is 78.1 Å². The minimum Gasteiger partial charge on any atom is -0.325 e. The topological polar surface area (TPSA) is 50.2 Å². The Labute approximate surface area is 160 Å². The molecule has 0 unspecified atom stereocenters. The average molecular weight is 362 g/mol. The van der Waals surface area contributed by atoms with Crippen molar-refractivity contribution in [1.29, 1.82) is 0 Å².